The first-order valence-electron chi connectivity index (χ1n) is 7.51. The van der Waals surface area contributed by atoms with E-state index >= 15 is 0 Å². The molecule has 2 rings (SSSR count). The predicted molar refractivity (Wildman–Crippen MR) is 109 cm³/mol. The summed E-state index contributed by atoms with van der Waals surface area (Å²) in [6.07, 6.45) is 0. The largest absolute Gasteiger partial charge is 0.494 e. The fourth-order valence-corrected chi connectivity index (χ4v) is 2.92. The maximum absolute atomic E-state index is 13.7. The van der Waals surface area contributed by atoms with Crippen molar-refractivity contribution in [2.24, 2.45) is 4.99 Å². The summed E-state index contributed by atoms with van der Waals surface area (Å²) in [6.45, 7) is 6.01. The highest BCUT2D eigenvalue weighted by Gasteiger charge is 2.05. The number of guanidine groups is 1. The Morgan fingerprint density at radius 1 is 1.29 bits per heavy atom. The van der Waals surface area contributed by atoms with Gasteiger partial charge in [-0.25, -0.2) is 9.38 Å². The third kappa shape index (κ3) is 5.94. The Balaban J connectivity index is 0.00000288. The third-order valence-electron chi connectivity index (χ3n) is 3.36. The Hall–Kier alpha value is -1.35. The van der Waals surface area contributed by atoms with Gasteiger partial charge in [-0.1, -0.05) is 6.07 Å². The van der Waals surface area contributed by atoms with E-state index in [-0.39, 0.29) is 35.5 Å². The van der Waals surface area contributed by atoms with E-state index in [1.807, 2.05) is 13.0 Å². The summed E-state index contributed by atoms with van der Waals surface area (Å²) in [6, 6.07) is 7.00. The molecule has 0 aliphatic heterocycles. The van der Waals surface area contributed by atoms with Gasteiger partial charge >= 0.3 is 0 Å². The Bertz CT molecular complexity index is 676. The van der Waals surface area contributed by atoms with Gasteiger partial charge in [0, 0.05) is 11.4 Å². The quantitative estimate of drug-likeness (QED) is 0.386. The van der Waals surface area contributed by atoms with Crippen molar-refractivity contribution >= 4 is 41.3 Å². The van der Waals surface area contributed by atoms with E-state index in [0.29, 0.717) is 6.54 Å². The molecule has 4 nitrogen and oxygen atoms in total. The van der Waals surface area contributed by atoms with Gasteiger partial charge in [-0.2, -0.15) is 0 Å². The summed E-state index contributed by atoms with van der Waals surface area (Å²) >= 11 is 1.72. The van der Waals surface area contributed by atoms with E-state index in [1.165, 1.54) is 23.6 Å². The molecule has 2 aromatic rings. The van der Waals surface area contributed by atoms with E-state index in [4.69, 9.17) is 4.74 Å². The number of hydrogen-bond acceptors (Lipinski definition) is 3. The minimum absolute atomic E-state index is 0. The number of benzene rings is 1. The molecule has 0 unspecified atom stereocenters. The highest BCUT2D eigenvalue weighted by molar-refractivity contribution is 14.0. The van der Waals surface area contributed by atoms with Crippen LogP contribution in [0.5, 0.6) is 5.75 Å². The zero-order chi connectivity index (χ0) is 16.7. The molecular weight excluding hydrogens is 440 g/mol. The van der Waals surface area contributed by atoms with Gasteiger partial charge in [0.05, 0.1) is 20.2 Å². The van der Waals surface area contributed by atoms with E-state index < -0.39 is 0 Å². The first-order chi connectivity index (χ1) is 11.1. The zero-order valence-corrected chi connectivity index (χ0v) is 17.2. The number of aryl methyl sites for hydroxylation is 1. The second-order valence-electron chi connectivity index (χ2n) is 5.04. The maximum Gasteiger partial charge on any atom is 0.191 e. The number of rotatable bonds is 6. The van der Waals surface area contributed by atoms with Crippen LogP contribution in [0.2, 0.25) is 0 Å². The molecule has 0 bridgehead atoms. The highest BCUT2D eigenvalue weighted by Crippen LogP contribution is 2.18. The lowest BCUT2D eigenvalue weighted by atomic mass is 10.2. The molecule has 0 saturated carbocycles. The summed E-state index contributed by atoms with van der Waals surface area (Å²) < 4.78 is 18.6. The maximum atomic E-state index is 13.7. The number of hydrogen-bond donors (Lipinski definition) is 2. The predicted octanol–water partition coefficient (Wildman–Crippen LogP) is 4.08. The number of thiophene rings is 1. The molecule has 1 heterocycles. The van der Waals surface area contributed by atoms with Crippen molar-refractivity contribution in [1.29, 1.82) is 0 Å². The standard InChI is InChI=1S/C17H22FN3OS.HI/c1-4-19-17(21-11-16-12(2)7-8-23-16)20-10-13-5-6-15(22-3)14(18)9-13;/h5-9H,4,10-11H2,1-3H3,(H2,19,20,21);1H. The Labute approximate surface area is 163 Å². The van der Waals surface area contributed by atoms with Crippen LogP contribution in [0, 0.1) is 12.7 Å². The SMILES string of the molecule is CCNC(=NCc1ccc(OC)c(F)c1)NCc1sccc1C.I. The van der Waals surface area contributed by atoms with Crippen molar-refractivity contribution in [2.75, 3.05) is 13.7 Å². The molecule has 1 aromatic carbocycles. The minimum atomic E-state index is -0.368. The van der Waals surface area contributed by atoms with Crippen LogP contribution >= 0.6 is 35.3 Å². The van der Waals surface area contributed by atoms with E-state index in [9.17, 15) is 4.39 Å². The monoisotopic (exact) mass is 463 g/mol. The molecule has 0 amide bonds. The number of halogens is 2. The molecule has 0 aliphatic carbocycles. The smallest absolute Gasteiger partial charge is 0.191 e. The van der Waals surface area contributed by atoms with Crippen molar-refractivity contribution in [3.05, 3.63) is 51.5 Å². The molecule has 1 aromatic heterocycles. The van der Waals surface area contributed by atoms with E-state index in [2.05, 4.69) is 34.0 Å². The highest BCUT2D eigenvalue weighted by atomic mass is 127. The van der Waals surface area contributed by atoms with Crippen molar-refractivity contribution < 1.29 is 9.13 Å². The number of nitrogens with one attached hydrogen (secondary N) is 2. The van der Waals surface area contributed by atoms with Crippen LogP contribution in [-0.2, 0) is 13.1 Å². The molecule has 0 saturated heterocycles. The van der Waals surface area contributed by atoms with Crippen LogP contribution < -0.4 is 15.4 Å². The minimum Gasteiger partial charge on any atom is -0.494 e. The van der Waals surface area contributed by atoms with Gasteiger partial charge in [-0.05, 0) is 48.6 Å². The first-order valence-corrected chi connectivity index (χ1v) is 8.39. The van der Waals surface area contributed by atoms with Gasteiger partial charge in [-0.3, -0.25) is 0 Å². The van der Waals surface area contributed by atoms with E-state index in [0.717, 1.165) is 24.6 Å². The van der Waals surface area contributed by atoms with Crippen LogP contribution in [0.15, 0.2) is 34.6 Å². The van der Waals surface area contributed by atoms with Gasteiger partial charge in [0.2, 0.25) is 0 Å². The summed E-state index contributed by atoms with van der Waals surface area (Å²) in [5, 5.41) is 8.58. The van der Waals surface area contributed by atoms with Crippen LogP contribution in [0.25, 0.3) is 0 Å². The van der Waals surface area contributed by atoms with Gasteiger partial charge < -0.3 is 15.4 Å². The first kappa shape index (κ1) is 20.7. The van der Waals surface area contributed by atoms with Crippen molar-refractivity contribution in [2.45, 2.75) is 26.9 Å². The van der Waals surface area contributed by atoms with Crippen molar-refractivity contribution in [3.8, 4) is 5.75 Å². The van der Waals surface area contributed by atoms with Crippen LogP contribution in [-0.4, -0.2) is 19.6 Å². The molecule has 7 heteroatoms. The third-order valence-corrected chi connectivity index (χ3v) is 4.39. The average Bonchev–Trinajstić information content (AvgIpc) is 2.95. The molecule has 24 heavy (non-hydrogen) atoms. The number of methoxy groups -OCH3 is 1. The molecule has 132 valence electrons. The number of ether oxygens (including phenoxy) is 1. The van der Waals surface area contributed by atoms with Gasteiger partial charge in [0.15, 0.2) is 17.5 Å². The topological polar surface area (TPSA) is 45.7 Å². The molecule has 0 spiro atoms. The second-order valence-corrected chi connectivity index (χ2v) is 6.05. The lowest BCUT2D eigenvalue weighted by molar-refractivity contribution is 0.386. The van der Waals surface area contributed by atoms with Crippen LogP contribution in [0.3, 0.4) is 0 Å². The number of nitrogens with zero attached hydrogens (tertiary/aromatic N) is 1. The lowest BCUT2D eigenvalue weighted by Gasteiger charge is -2.11. The summed E-state index contributed by atoms with van der Waals surface area (Å²) in [7, 11) is 1.45. The van der Waals surface area contributed by atoms with Crippen LogP contribution in [0.4, 0.5) is 4.39 Å². The normalized spacial score (nSPS) is 10.9. The zero-order valence-electron chi connectivity index (χ0n) is 14.1. The fourth-order valence-electron chi connectivity index (χ4n) is 2.07. The second kappa shape index (κ2) is 10.5. The lowest BCUT2D eigenvalue weighted by Crippen LogP contribution is -2.36. The van der Waals surface area contributed by atoms with Gasteiger partial charge in [0.25, 0.3) is 0 Å². The summed E-state index contributed by atoms with van der Waals surface area (Å²) in [5.74, 6) is 0.597. The molecule has 0 fully saturated rings. The van der Waals surface area contributed by atoms with Gasteiger partial charge in [-0.15, -0.1) is 35.3 Å². The number of aliphatic imine (C=N–C) groups is 1. The van der Waals surface area contributed by atoms with Crippen molar-refractivity contribution in [3.63, 3.8) is 0 Å². The molecule has 0 radical (unpaired) electrons. The Morgan fingerprint density at radius 2 is 2.08 bits per heavy atom. The molecule has 2 N–H and O–H groups in total. The van der Waals surface area contributed by atoms with Crippen molar-refractivity contribution in [1.82, 2.24) is 10.6 Å². The van der Waals surface area contributed by atoms with Crippen LogP contribution in [0.1, 0.15) is 22.9 Å². The summed E-state index contributed by atoms with van der Waals surface area (Å²) in [4.78, 5) is 5.78. The summed E-state index contributed by atoms with van der Waals surface area (Å²) in [5.41, 5.74) is 2.07. The van der Waals surface area contributed by atoms with E-state index in [1.54, 1.807) is 17.4 Å². The average molecular weight is 463 g/mol. The Kier molecular flexibility index (Phi) is 9.05. The van der Waals surface area contributed by atoms with Gasteiger partial charge in [0.1, 0.15) is 0 Å². The molecule has 0 aliphatic rings. The molecule has 0 atom stereocenters. The molecular formula is C17H23FIN3OS. The Morgan fingerprint density at radius 3 is 2.67 bits per heavy atom. The fraction of sp³-hybridized carbons (Fsp3) is 0.353.